The van der Waals surface area contributed by atoms with E-state index in [0.29, 0.717) is 0 Å². The number of amides is 1. The van der Waals surface area contributed by atoms with Gasteiger partial charge in [0.25, 0.3) is 0 Å². The molecule has 0 unspecified atom stereocenters. The van der Waals surface area contributed by atoms with Gasteiger partial charge >= 0.3 is 6.09 Å². The summed E-state index contributed by atoms with van der Waals surface area (Å²) in [6.07, 6.45) is 0.823. The highest BCUT2D eigenvalue weighted by Crippen LogP contribution is 2.22. The molecule has 3 nitrogen and oxygen atoms in total. The molecule has 0 aliphatic carbocycles. The SMILES string of the molecule is CC[C@@H]1CN(C(C)(C)C)C(=O)O1. The minimum Gasteiger partial charge on any atom is -0.444 e. The minimum absolute atomic E-state index is 0.0942. The lowest BCUT2D eigenvalue weighted by Crippen LogP contribution is -2.42. The molecule has 0 N–H and O–H groups in total. The Balaban J connectivity index is 2.64. The van der Waals surface area contributed by atoms with Crippen LogP contribution in [0.25, 0.3) is 0 Å². The summed E-state index contributed by atoms with van der Waals surface area (Å²) in [5.74, 6) is 0. The lowest BCUT2D eigenvalue weighted by Gasteiger charge is -2.29. The number of ether oxygens (including phenoxy) is 1. The highest BCUT2D eigenvalue weighted by Gasteiger charge is 2.36. The van der Waals surface area contributed by atoms with E-state index < -0.39 is 0 Å². The maximum Gasteiger partial charge on any atom is 0.410 e. The molecular formula is C9H17NO2. The quantitative estimate of drug-likeness (QED) is 0.604. The van der Waals surface area contributed by atoms with Crippen molar-refractivity contribution in [1.82, 2.24) is 4.90 Å². The molecule has 12 heavy (non-hydrogen) atoms. The third kappa shape index (κ3) is 1.71. The predicted octanol–water partition coefficient (Wildman–Crippen LogP) is 2.02. The topological polar surface area (TPSA) is 29.5 Å². The summed E-state index contributed by atoms with van der Waals surface area (Å²) < 4.78 is 5.14. The molecule has 0 radical (unpaired) electrons. The number of hydrogen-bond donors (Lipinski definition) is 0. The van der Waals surface area contributed by atoms with E-state index in [2.05, 4.69) is 0 Å². The summed E-state index contributed by atoms with van der Waals surface area (Å²) in [6.45, 7) is 8.83. The summed E-state index contributed by atoms with van der Waals surface area (Å²) in [5.41, 5.74) is -0.110. The predicted molar refractivity (Wildman–Crippen MR) is 47.0 cm³/mol. The molecule has 1 aliphatic rings. The Kier molecular flexibility index (Phi) is 2.31. The molecule has 1 atom stereocenters. The molecule has 1 amide bonds. The summed E-state index contributed by atoms with van der Waals surface area (Å²) in [4.78, 5) is 13.1. The van der Waals surface area contributed by atoms with Gasteiger partial charge in [-0.3, -0.25) is 4.90 Å². The number of carbonyl (C=O) groups excluding carboxylic acids is 1. The summed E-state index contributed by atoms with van der Waals surface area (Å²) >= 11 is 0. The summed E-state index contributed by atoms with van der Waals surface area (Å²) in [7, 11) is 0. The van der Waals surface area contributed by atoms with Crippen LogP contribution < -0.4 is 0 Å². The van der Waals surface area contributed by atoms with Crippen LogP contribution in [0, 0.1) is 0 Å². The number of nitrogens with zero attached hydrogens (tertiary/aromatic N) is 1. The Morgan fingerprint density at radius 1 is 1.58 bits per heavy atom. The van der Waals surface area contributed by atoms with Crippen molar-refractivity contribution >= 4 is 6.09 Å². The first-order valence-corrected chi connectivity index (χ1v) is 4.43. The molecule has 0 aromatic rings. The van der Waals surface area contributed by atoms with Gasteiger partial charge in [-0.25, -0.2) is 4.79 Å². The zero-order valence-electron chi connectivity index (χ0n) is 8.26. The molecule has 0 spiro atoms. The maximum absolute atomic E-state index is 11.3. The van der Waals surface area contributed by atoms with Crippen molar-refractivity contribution in [3.05, 3.63) is 0 Å². The first-order chi connectivity index (χ1) is 5.45. The molecule has 1 saturated heterocycles. The van der Waals surface area contributed by atoms with E-state index in [9.17, 15) is 4.79 Å². The van der Waals surface area contributed by atoms with Crippen molar-refractivity contribution < 1.29 is 9.53 Å². The van der Waals surface area contributed by atoms with E-state index in [-0.39, 0.29) is 17.7 Å². The zero-order valence-corrected chi connectivity index (χ0v) is 8.26. The number of rotatable bonds is 1. The summed E-state index contributed by atoms with van der Waals surface area (Å²) in [5, 5.41) is 0. The number of hydrogen-bond acceptors (Lipinski definition) is 2. The van der Waals surface area contributed by atoms with Gasteiger partial charge in [0.15, 0.2) is 0 Å². The van der Waals surface area contributed by atoms with Gasteiger partial charge in [0.1, 0.15) is 6.10 Å². The molecule has 0 bridgehead atoms. The maximum atomic E-state index is 11.3. The van der Waals surface area contributed by atoms with Gasteiger partial charge in [0.2, 0.25) is 0 Å². The fourth-order valence-electron chi connectivity index (χ4n) is 1.28. The van der Waals surface area contributed by atoms with Crippen molar-refractivity contribution in [2.24, 2.45) is 0 Å². The molecule has 1 heterocycles. The van der Waals surface area contributed by atoms with E-state index in [4.69, 9.17) is 4.74 Å². The third-order valence-electron chi connectivity index (χ3n) is 2.14. The normalized spacial score (nSPS) is 24.5. The largest absolute Gasteiger partial charge is 0.444 e. The Labute approximate surface area is 73.7 Å². The fraction of sp³-hybridized carbons (Fsp3) is 0.889. The second kappa shape index (κ2) is 2.96. The van der Waals surface area contributed by atoms with Crippen LogP contribution in [0.5, 0.6) is 0 Å². The Bertz CT molecular complexity index is 183. The number of cyclic esters (lactones) is 1. The second-order valence-electron chi connectivity index (χ2n) is 4.20. The van der Waals surface area contributed by atoms with Gasteiger partial charge < -0.3 is 4.74 Å². The standard InChI is InChI=1S/C9H17NO2/c1-5-7-6-10(8(11)12-7)9(2,3)4/h7H,5-6H2,1-4H3/t7-/m1/s1. The average Bonchev–Trinajstić information content (AvgIpc) is 2.29. The molecule has 1 aliphatic heterocycles. The lowest BCUT2D eigenvalue weighted by atomic mass is 10.1. The molecule has 1 rings (SSSR count). The van der Waals surface area contributed by atoms with Crippen molar-refractivity contribution in [1.29, 1.82) is 0 Å². The van der Waals surface area contributed by atoms with Gasteiger partial charge in [-0.05, 0) is 27.2 Å². The highest BCUT2D eigenvalue weighted by molar-refractivity contribution is 5.70. The van der Waals surface area contributed by atoms with Gasteiger partial charge in [-0.2, -0.15) is 0 Å². The van der Waals surface area contributed by atoms with E-state index in [0.717, 1.165) is 13.0 Å². The van der Waals surface area contributed by atoms with E-state index in [1.807, 2.05) is 27.7 Å². The van der Waals surface area contributed by atoms with Crippen LogP contribution in [0.3, 0.4) is 0 Å². The lowest BCUT2D eigenvalue weighted by molar-refractivity contribution is 0.119. The first-order valence-electron chi connectivity index (χ1n) is 4.43. The monoisotopic (exact) mass is 171 g/mol. The van der Waals surface area contributed by atoms with Gasteiger partial charge in [-0.15, -0.1) is 0 Å². The van der Waals surface area contributed by atoms with Crippen molar-refractivity contribution in [2.45, 2.75) is 45.8 Å². The molecule has 70 valence electrons. The van der Waals surface area contributed by atoms with Gasteiger partial charge in [-0.1, -0.05) is 6.92 Å². The molecule has 3 heteroatoms. The van der Waals surface area contributed by atoms with Crippen LogP contribution in [0.4, 0.5) is 4.79 Å². The van der Waals surface area contributed by atoms with Crippen LogP contribution in [-0.4, -0.2) is 29.2 Å². The van der Waals surface area contributed by atoms with Crippen LogP contribution in [-0.2, 0) is 4.74 Å². The Morgan fingerprint density at radius 2 is 2.17 bits per heavy atom. The minimum atomic E-state index is -0.172. The molecule has 0 aromatic carbocycles. The third-order valence-corrected chi connectivity index (χ3v) is 2.14. The van der Waals surface area contributed by atoms with Gasteiger partial charge in [0.05, 0.1) is 6.54 Å². The fourth-order valence-corrected chi connectivity index (χ4v) is 1.28. The van der Waals surface area contributed by atoms with Gasteiger partial charge in [0, 0.05) is 5.54 Å². The molecular weight excluding hydrogens is 154 g/mol. The average molecular weight is 171 g/mol. The molecule has 0 aromatic heterocycles. The van der Waals surface area contributed by atoms with Crippen LogP contribution in [0.15, 0.2) is 0 Å². The number of carbonyl (C=O) groups is 1. The van der Waals surface area contributed by atoms with E-state index >= 15 is 0 Å². The molecule has 0 saturated carbocycles. The Morgan fingerprint density at radius 3 is 2.42 bits per heavy atom. The van der Waals surface area contributed by atoms with Crippen molar-refractivity contribution in [2.75, 3.05) is 6.54 Å². The zero-order chi connectivity index (χ0) is 9.35. The summed E-state index contributed by atoms with van der Waals surface area (Å²) in [6, 6.07) is 0. The van der Waals surface area contributed by atoms with Crippen LogP contribution in [0.1, 0.15) is 34.1 Å². The van der Waals surface area contributed by atoms with E-state index in [1.54, 1.807) is 4.90 Å². The highest BCUT2D eigenvalue weighted by atomic mass is 16.6. The Hall–Kier alpha value is -0.730. The smallest absolute Gasteiger partial charge is 0.410 e. The van der Waals surface area contributed by atoms with E-state index in [1.165, 1.54) is 0 Å². The van der Waals surface area contributed by atoms with Crippen molar-refractivity contribution in [3.63, 3.8) is 0 Å². The van der Waals surface area contributed by atoms with Crippen molar-refractivity contribution in [3.8, 4) is 0 Å². The molecule has 1 fully saturated rings. The van der Waals surface area contributed by atoms with Crippen LogP contribution >= 0.6 is 0 Å². The second-order valence-corrected chi connectivity index (χ2v) is 4.20. The first kappa shape index (κ1) is 9.36. The van der Waals surface area contributed by atoms with Crippen LogP contribution in [0.2, 0.25) is 0 Å².